The summed E-state index contributed by atoms with van der Waals surface area (Å²) in [6, 6.07) is 8.61. The number of amides is 1. The van der Waals surface area contributed by atoms with Crippen LogP contribution in [-0.4, -0.2) is 67.1 Å². The number of piperazine rings is 1. The molecular weight excluding hydrogens is 326 g/mol. The van der Waals surface area contributed by atoms with Crippen molar-refractivity contribution in [2.45, 2.75) is 51.7 Å². The molecule has 5 nitrogen and oxygen atoms in total. The highest BCUT2D eigenvalue weighted by Crippen LogP contribution is 2.25. The Morgan fingerprint density at radius 3 is 2.42 bits per heavy atom. The smallest absolute Gasteiger partial charge is 0.263 e. The highest BCUT2D eigenvalue weighted by molar-refractivity contribution is 5.81. The molecule has 0 aliphatic carbocycles. The van der Waals surface area contributed by atoms with E-state index < -0.39 is 6.10 Å². The summed E-state index contributed by atoms with van der Waals surface area (Å²) in [6.45, 7) is 14.4. The van der Waals surface area contributed by atoms with Gasteiger partial charge in [-0.1, -0.05) is 32.9 Å². The quantitative estimate of drug-likeness (QED) is 0.896. The fourth-order valence-corrected chi connectivity index (χ4v) is 3.83. The lowest BCUT2D eigenvalue weighted by atomic mass is 9.87. The topological polar surface area (TPSA) is 44.8 Å². The van der Waals surface area contributed by atoms with Gasteiger partial charge in [0.2, 0.25) is 0 Å². The largest absolute Gasteiger partial charge is 0.481 e. The number of carbonyl (C=O) groups excluding carboxylic acids is 1. The average Bonchev–Trinajstić information content (AvgIpc) is 3.11. The van der Waals surface area contributed by atoms with E-state index in [-0.39, 0.29) is 11.3 Å². The number of nitrogens with zero attached hydrogens (tertiary/aromatic N) is 2. The molecule has 3 rings (SSSR count). The van der Waals surface area contributed by atoms with E-state index in [9.17, 15) is 4.79 Å². The Morgan fingerprint density at radius 1 is 1.15 bits per heavy atom. The fourth-order valence-electron chi connectivity index (χ4n) is 3.83. The normalized spacial score (nSPS) is 23.1. The van der Waals surface area contributed by atoms with E-state index in [0.717, 1.165) is 51.4 Å². The fraction of sp³-hybridized carbons (Fsp3) is 0.667. The summed E-state index contributed by atoms with van der Waals surface area (Å²) in [7, 11) is 0. The molecule has 1 aromatic carbocycles. The maximum Gasteiger partial charge on any atom is 0.263 e. The first kappa shape index (κ1) is 19.2. The van der Waals surface area contributed by atoms with Crippen molar-refractivity contribution in [1.82, 2.24) is 15.1 Å². The van der Waals surface area contributed by atoms with Crippen LogP contribution in [0.3, 0.4) is 0 Å². The number of carbonyl (C=O) groups is 1. The lowest BCUT2D eigenvalue weighted by molar-refractivity contribution is -0.137. The van der Waals surface area contributed by atoms with Gasteiger partial charge in [-0.25, -0.2) is 0 Å². The Balaban J connectivity index is 1.53. The van der Waals surface area contributed by atoms with Gasteiger partial charge < -0.3 is 15.0 Å². The van der Waals surface area contributed by atoms with Gasteiger partial charge in [0, 0.05) is 45.3 Å². The van der Waals surface area contributed by atoms with Crippen molar-refractivity contribution in [3.8, 4) is 5.75 Å². The predicted molar refractivity (Wildman–Crippen MR) is 105 cm³/mol. The number of likely N-dealkylation sites (tertiary alicyclic amines) is 1. The molecule has 2 aliphatic rings. The van der Waals surface area contributed by atoms with Gasteiger partial charge >= 0.3 is 0 Å². The van der Waals surface area contributed by atoms with Crippen molar-refractivity contribution < 1.29 is 9.53 Å². The van der Waals surface area contributed by atoms with Gasteiger partial charge in [-0.05, 0) is 36.5 Å². The van der Waals surface area contributed by atoms with Crippen LogP contribution in [0.4, 0.5) is 0 Å². The van der Waals surface area contributed by atoms with E-state index in [4.69, 9.17) is 4.74 Å². The molecule has 5 heteroatoms. The first-order chi connectivity index (χ1) is 12.3. The van der Waals surface area contributed by atoms with Crippen LogP contribution in [0.5, 0.6) is 5.75 Å². The number of benzene rings is 1. The van der Waals surface area contributed by atoms with E-state index in [1.807, 2.05) is 24.0 Å². The molecule has 2 saturated heterocycles. The van der Waals surface area contributed by atoms with E-state index >= 15 is 0 Å². The molecule has 0 saturated carbocycles. The Hall–Kier alpha value is -1.59. The second-order valence-corrected chi connectivity index (χ2v) is 8.55. The van der Waals surface area contributed by atoms with E-state index in [1.54, 1.807) is 0 Å². The summed E-state index contributed by atoms with van der Waals surface area (Å²) in [6.07, 6.45) is 0.621. The Morgan fingerprint density at radius 2 is 1.81 bits per heavy atom. The Labute approximate surface area is 157 Å². The molecular formula is C21H33N3O2. The van der Waals surface area contributed by atoms with Crippen LogP contribution in [0, 0.1) is 0 Å². The summed E-state index contributed by atoms with van der Waals surface area (Å²) in [5.41, 5.74) is 1.39. The van der Waals surface area contributed by atoms with Crippen molar-refractivity contribution in [3.05, 3.63) is 29.8 Å². The third kappa shape index (κ3) is 4.57. The zero-order valence-corrected chi connectivity index (χ0v) is 16.6. The Bertz CT molecular complexity index is 603. The second-order valence-electron chi connectivity index (χ2n) is 8.55. The molecule has 2 fully saturated rings. The van der Waals surface area contributed by atoms with Crippen molar-refractivity contribution in [2.24, 2.45) is 0 Å². The van der Waals surface area contributed by atoms with Gasteiger partial charge in [-0.15, -0.1) is 0 Å². The highest BCUT2D eigenvalue weighted by atomic mass is 16.5. The first-order valence-corrected chi connectivity index (χ1v) is 9.85. The maximum absolute atomic E-state index is 12.8. The number of rotatable bonds is 4. The number of ether oxygens (including phenoxy) is 1. The number of hydrogen-bond donors (Lipinski definition) is 1. The van der Waals surface area contributed by atoms with Gasteiger partial charge in [0.1, 0.15) is 5.75 Å². The van der Waals surface area contributed by atoms with Crippen LogP contribution in [0.1, 0.15) is 39.7 Å². The maximum atomic E-state index is 12.8. The molecule has 2 aliphatic heterocycles. The summed E-state index contributed by atoms with van der Waals surface area (Å²) < 4.78 is 5.92. The highest BCUT2D eigenvalue weighted by Gasteiger charge is 2.33. The minimum atomic E-state index is -0.447. The summed E-state index contributed by atoms with van der Waals surface area (Å²) >= 11 is 0. The molecule has 0 aromatic heterocycles. The van der Waals surface area contributed by atoms with Gasteiger partial charge in [0.25, 0.3) is 5.91 Å². The first-order valence-electron chi connectivity index (χ1n) is 9.85. The Kier molecular flexibility index (Phi) is 5.88. The van der Waals surface area contributed by atoms with Gasteiger partial charge in [0.05, 0.1) is 0 Å². The zero-order valence-electron chi connectivity index (χ0n) is 16.6. The summed E-state index contributed by atoms with van der Waals surface area (Å²) in [4.78, 5) is 17.3. The van der Waals surface area contributed by atoms with Crippen LogP contribution in [0.15, 0.2) is 24.3 Å². The van der Waals surface area contributed by atoms with Crippen molar-refractivity contribution in [3.63, 3.8) is 0 Å². The van der Waals surface area contributed by atoms with Crippen molar-refractivity contribution in [1.29, 1.82) is 0 Å². The number of hydrogen-bond acceptors (Lipinski definition) is 4. The lowest BCUT2D eigenvalue weighted by Gasteiger charge is -2.32. The molecule has 26 heavy (non-hydrogen) atoms. The standard InChI is InChI=1S/C21H33N3O2/c1-16(26-19-7-5-17(6-8-19)21(2,3)4)20(25)24-12-9-18(15-24)23-13-10-22-11-14-23/h5-8,16,18,22H,9-15H2,1-4H3. The van der Waals surface area contributed by atoms with Gasteiger partial charge in [-0.2, -0.15) is 0 Å². The van der Waals surface area contributed by atoms with Crippen molar-refractivity contribution >= 4 is 5.91 Å². The third-order valence-corrected chi connectivity index (χ3v) is 5.52. The molecule has 1 amide bonds. The van der Waals surface area contributed by atoms with E-state index in [0.29, 0.717) is 6.04 Å². The minimum Gasteiger partial charge on any atom is -0.481 e. The van der Waals surface area contributed by atoms with Crippen LogP contribution >= 0.6 is 0 Å². The summed E-state index contributed by atoms with van der Waals surface area (Å²) in [5, 5.41) is 3.39. The molecule has 2 unspecified atom stereocenters. The molecule has 2 heterocycles. The van der Waals surface area contributed by atoms with E-state index in [1.165, 1.54) is 5.56 Å². The molecule has 0 bridgehead atoms. The van der Waals surface area contributed by atoms with Crippen molar-refractivity contribution in [2.75, 3.05) is 39.3 Å². The molecule has 1 N–H and O–H groups in total. The second kappa shape index (κ2) is 7.97. The molecule has 1 aromatic rings. The minimum absolute atomic E-state index is 0.0996. The van der Waals surface area contributed by atoms with Crippen LogP contribution in [-0.2, 0) is 10.2 Å². The zero-order chi connectivity index (χ0) is 18.7. The molecule has 0 radical (unpaired) electrons. The molecule has 2 atom stereocenters. The summed E-state index contributed by atoms with van der Waals surface area (Å²) in [5.74, 6) is 0.860. The lowest BCUT2D eigenvalue weighted by Crippen LogP contribution is -2.50. The van der Waals surface area contributed by atoms with E-state index in [2.05, 4.69) is 43.1 Å². The molecule has 0 spiro atoms. The molecule has 144 valence electrons. The van der Waals surface area contributed by atoms with Gasteiger partial charge in [0.15, 0.2) is 6.10 Å². The third-order valence-electron chi connectivity index (χ3n) is 5.52. The SMILES string of the molecule is CC(Oc1ccc(C(C)(C)C)cc1)C(=O)N1CCC(N2CCNCC2)C1. The van der Waals surface area contributed by atoms with Crippen LogP contribution in [0.2, 0.25) is 0 Å². The monoisotopic (exact) mass is 359 g/mol. The predicted octanol–water partition coefficient (Wildman–Crippen LogP) is 2.26. The van der Waals surface area contributed by atoms with Gasteiger partial charge in [-0.3, -0.25) is 9.69 Å². The number of nitrogens with one attached hydrogen (secondary N) is 1. The average molecular weight is 360 g/mol. The van der Waals surface area contributed by atoms with Crippen LogP contribution in [0.25, 0.3) is 0 Å². The van der Waals surface area contributed by atoms with Crippen LogP contribution < -0.4 is 10.1 Å².